The van der Waals surface area contributed by atoms with E-state index < -0.39 is 78.0 Å². The molecule has 0 radical (unpaired) electrons. The summed E-state index contributed by atoms with van der Waals surface area (Å²) < 4.78 is 15.5. The van der Waals surface area contributed by atoms with Crippen molar-refractivity contribution < 1.29 is 68.2 Å². The third-order valence-electron chi connectivity index (χ3n) is 11.8. The highest BCUT2D eigenvalue weighted by molar-refractivity contribution is 6.14. The number of hydrogen-bond acceptors (Lipinski definition) is 12. The van der Waals surface area contributed by atoms with Crippen LogP contribution >= 0.6 is 0 Å². The fraction of sp³-hybridized carbons (Fsp3) is 0.405. The average Bonchev–Trinajstić information content (AvgIpc) is 3.95. The van der Waals surface area contributed by atoms with E-state index in [4.69, 9.17) is 14.2 Å². The Kier molecular flexibility index (Phi) is 12.2. The molecule has 0 fully saturated rings. The Morgan fingerprint density at radius 3 is 2.23 bits per heavy atom. The Labute approximate surface area is 342 Å². The van der Waals surface area contributed by atoms with Crippen LogP contribution in [-0.2, 0) is 63.9 Å². The van der Waals surface area contributed by atoms with Gasteiger partial charge >= 0.3 is 23.9 Å². The number of aliphatic hydroxyl groups excluding tert-OH is 2. The first-order chi connectivity index (χ1) is 28.5. The number of carboxylic acid groups (broad SMARTS) is 2. The molecule has 6 atom stereocenters. The summed E-state index contributed by atoms with van der Waals surface area (Å²) in [7, 11) is 1.16. The molecule has 0 spiro atoms. The first-order valence-electron chi connectivity index (χ1n) is 19.1. The number of ketones is 1. The molecule has 0 saturated heterocycles. The first kappa shape index (κ1) is 43.1. The molecule has 2 aliphatic heterocycles. The minimum Gasteiger partial charge on any atom is -0.478 e. The second-order valence-corrected chi connectivity index (χ2v) is 15.1. The van der Waals surface area contributed by atoms with E-state index in [1.54, 1.807) is 27.7 Å². The van der Waals surface area contributed by atoms with Crippen LogP contribution in [0.1, 0.15) is 96.4 Å². The predicted octanol–water partition coefficient (Wildman–Crippen LogP) is 1.85. The molecule has 18 nitrogen and oxygen atoms in total. The zero-order chi connectivity index (χ0) is 43.9. The van der Waals surface area contributed by atoms with Gasteiger partial charge in [0.2, 0.25) is 11.9 Å². The summed E-state index contributed by atoms with van der Waals surface area (Å²) in [4.78, 5) is 99.2. The number of aromatic nitrogens is 3. The van der Waals surface area contributed by atoms with Gasteiger partial charge in [-0.05, 0) is 80.0 Å². The second kappa shape index (κ2) is 17.0. The van der Waals surface area contributed by atoms with Crippen molar-refractivity contribution in [3.8, 4) is 0 Å². The largest absolute Gasteiger partial charge is 0.478 e. The zero-order valence-corrected chi connectivity index (χ0v) is 33.5. The maximum absolute atomic E-state index is 14.4. The van der Waals surface area contributed by atoms with Crippen LogP contribution in [0.25, 0.3) is 0 Å². The second-order valence-electron chi connectivity index (χ2n) is 15.1. The van der Waals surface area contributed by atoms with Crippen molar-refractivity contribution in [2.45, 2.75) is 90.1 Å². The van der Waals surface area contributed by atoms with Gasteiger partial charge < -0.3 is 54.9 Å². The molecule has 1 aliphatic carbocycles. The van der Waals surface area contributed by atoms with E-state index >= 15 is 0 Å². The van der Waals surface area contributed by atoms with Gasteiger partial charge in [0.1, 0.15) is 12.0 Å². The molecular weight excluding hydrogens is 784 g/mol. The Morgan fingerprint density at radius 2 is 1.63 bits per heavy atom. The molecule has 0 saturated carbocycles. The van der Waals surface area contributed by atoms with Crippen molar-refractivity contribution in [3.05, 3.63) is 103 Å². The molecule has 3 aromatic heterocycles. The Bertz CT molecular complexity index is 2390. The molecule has 5 heterocycles. The lowest BCUT2D eigenvalue weighted by Gasteiger charge is -2.31. The minimum atomic E-state index is -2.02. The number of fused-ring (bicyclic) bond motifs is 1. The van der Waals surface area contributed by atoms with Crippen LogP contribution < -0.4 is 5.32 Å². The van der Waals surface area contributed by atoms with E-state index in [0.717, 1.165) is 24.3 Å². The Morgan fingerprint density at radius 1 is 0.933 bits per heavy atom. The number of hydrogen-bond donors (Lipinski definition) is 8. The molecule has 0 aromatic carbocycles. The van der Waals surface area contributed by atoms with Gasteiger partial charge in [0.05, 0.1) is 24.8 Å². The van der Waals surface area contributed by atoms with E-state index in [0.29, 0.717) is 68.3 Å². The number of methoxy groups -OCH3 is 1. The van der Waals surface area contributed by atoms with Gasteiger partial charge in [0.15, 0.2) is 18.2 Å². The molecule has 6 rings (SSSR count). The van der Waals surface area contributed by atoms with Gasteiger partial charge in [-0.2, -0.15) is 0 Å². The summed E-state index contributed by atoms with van der Waals surface area (Å²) in [5.41, 5.74) is 7.61. The number of H-pyrrole nitrogens is 3. The number of aromatic amines is 3. The number of ether oxygens (including phenoxy) is 3. The van der Waals surface area contributed by atoms with E-state index in [-0.39, 0.29) is 43.8 Å². The van der Waals surface area contributed by atoms with Gasteiger partial charge in [-0.3, -0.25) is 24.0 Å². The normalized spacial score (nSPS) is 22.2. The number of aliphatic hydroxyl groups is 2. The summed E-state index contributed by atoms with van der Waals surface area (Å²) in [5, 5.41) is 42.3. The Balaban J connectivity index is 1.41. The number of Topliss-reactive ketones (excluding diaryl/α,β-unsaturated/α-hetero) is 1. The lowest BCUT2D eigenvalue weighted by molar-refractivity contribution is -0.179. The maximum atomic E-state index is 14.4. The molecular formula is C42H46N4O14. The number of aldehydes is 1. The third kappa shape index (κ3) is 7.59. The molecule has 8 N–H and O–H groups in total. The number of nitrogens with one attached hydrogen (secondary N) is 4. The summed E-state index contributed by atoms with van der Waals surface area (Å²) in [5.74, 6) is -9.07. The molecule has 18 heteroatoms. The van der Waals surface area contributed by atoms with E-state index in [1.165, 1.54) is 6.08 Å². The summed E-state index contributed by atoms with van der Waals surface area (Å²) in [6.45, 7) is 10.7. The van der Waals surface area contributed by atoms with Crippen molar-refractivity contribution in [2.75, 3.05) is 13.7 Å². The molecule has 3 aliphatic rings. The number of aliphatic carboxylic acids is 2. The van der Waals surface area contributed by atoms with Gasteiger partial charge in [0.25, 0.3) is 5.91 Å². The lowest BCUT2D eigenvalue weighted by Crippen LogP contribution is -2.49. The Hall–Kier alpha value is -6.53. The van der Waals surface area contributed by atoms with Gasteiger partial charge in [-0.1, -0.05) is 12.7 Å². The van der Waals surface area contributed by atoms with Crippen LogP contribution in [0.4, 0.5) is 0 Å². The molecule has 3 aromatic rings. The lowest BCUT2D eigenvalue weighted by atomic mass is 9.87. The first-order valence-corrected chi connectivity index (χ1v) is 19.1. The monoisotopic (exact) mass is 830 g/mol. The number of amides is 1. The van der Waals surface area contributed by atoms with Gasteiger partial charge in [-0.15, -0.1) is 0 Å². The highest BCUT2D eigenvalue weighted by Crippen LogP contribution is 2.47. The van der Waals surface area contributed by atoms with Crippen molar-refractivity contribution in [2.24, 2.45) is 5.92 Å². The van der Waals surface area contributed by atoms with E-state index in [2.05, 4.69) is 26.8 Å². The zero-order valence-electron chi connectivity index (χ0n) is 33.5. The van der Waals surface area contributed by atoms with Gasteiger partial charge in [0, 0.05) is 65.5 Å². The van der Waals surface area contributed by atoms with E-state index in [1.807, 2.05) is 0 Å². The topological polar surface area (TPSA) is 287 Å². The van der Waals surface area contributed by atoms with E-state index in [9.17, 15) is 54.0 Å². The van der Waals surface area contributed by atoms with Crippen LogP contribution in [0.5, 0.6) is 0 Å². The smallest absolute Gasteiger partial charge is 0.370 e. The number of carbonyl (C=O) groups is 7. The molecule has 318 valence electrons. The van der Waals surface area contributed by atoms with Crippen LogP contribution in [0.15, 0.2) is 35.6 Å². The molecule has 60 heavy (non-hydrogen) atoms. The third-order valence-corrected chi connectivity index (χ3v) is 11.8. The summed E-state index contributed by atoms with van der Waals surface area (Å²) in [6.07, 6.45) is -2.49. The SMILES string of the molecule is C=CC1=C(C)C(Cc2[nH]c(C3c4[nH]c(Cc5[nH]c(C=O)c(C)c5CCO)c(C)c4C(=O)C3C(=O)OC)c(CCC(=O)OC3C(O)C=C(C(=O)O)OC3C(=O)O)c2C)NC1=O. The molecule has 1 amide bonds. The number of esters is 2. The highest BCUT2D eigenvalue weighted by Gasteiger charge is 2.50. The number of carbonyl (C=O) groups excluding carboxylic acids is 5. The van der Waals surface area contributed by atoms with Crippen molar-refractivity contribution in [3.63, 3.8) is 0 Å². The minimum absolute atomic E-state index is 0.0842. The van der Waals surface area contributed by atoms with Crippen LogP contribution in [0.2, 0.25) is 0 Å². The van der Waals surface area contributed by atoms with Crippen molar-refractivity contribution in [1.82, 2.24) is 20.3 Å². The fourth-order valence-corrected chi connectivity index (χ4v) is 8.60. The number of carboxylic acids is 2. The predicted molar refractivity (Wildman–Crippen MR) is 208 cm³/mol. The quantitative estimate of drug-likeness (QED) is 0.0581. The van der Waals surface area contributed by atoms with Crippen LogP contribution in [-0.4, -0.2) is 115 Å². The van der Waals surface area contributed by atoms with Crippen LogP contribution in [0, 0.1) is 26.7 Å². The van der Waals surface area contributed by atoms with Gasteiger partial charge in [-0.25, -0.2) is 9.59 Å². The fourth-order valence-electron chi connectivity index (χ4n) is 8.60. The maximum Gasteiger partial charge on any atom is 0.370 e. The molecule has 6 unspecified atom stereocenters. The molecule has 0 bridgehead atoms. The number of rotatable bonds is 16. The summed E-state index contributed by atoms with van der Waals surface area (Å²) >= 11 is 0. The van der Waals surface area contributed by atoms with Crippen LogP contribution in [0.3, 0.4) is 0 Å². The standard InChI is InChI=1S/C42H46N4O14/c1-7-20-16(2)24(46-39(20)52)12-23-18(4)22(8-9-30(50)60-37-28(49)14-29(40(53)54)59-38(37)41(55)56)34(44-23)32-33(42(57)58-6)36(51)31-19(5)25(45-35(31)32)13-26-21(10-11-47)17(3)27(15-48)43-26/h7,14-15,24,28,32-33,37-38,43-45,47,49H,1,8-13H2,2-6H3,(H,46,52)(H,53,54)(H,55,56). The van der Waals surface area contributed by atoms with Crippen molar-refractivity contribution >= 4 is 41.9 Å². The van der Waals surface area contributed by atoms with Crippen molar-refractivity contribution in [1.29, 1.82) is 0 Å². The average molecular weight is 831 g/mol. The highest BCUT2D eigenvalue weighted by atomic mass is 16.6. The summed E-state index contributed by atoms with van der Waals surface area (Å²) in [6, 6.07) is -0.455.